The highest BCUT2D eigenvalue weighted by atomic mass is 32.1. The number of para-hydroxylation sites is 1. The second-order valence-electron chi connectivity index (χ2n) is 6.18. The molecule has 1 amide bonds. The Labute approximate surface area is 155 Å². The van der Waals surface area contributed by atoms with Crippen LogP contribution in [0.25, 0.3) is 10.1 Å². The first-order valence-corrected chi connectivity index (χ1v) is 9.27. The number of hydrogen-bond donors (Lipinski definition) is 2. The number of rotatable bonds is 7. The van der Waals surface area contributed by atoms with Crippen molar-refractivity contribution in [2.45, 2.75) is 13.5 Å². The van der Waals surface area contributed by atoms with E-state index >= 15 is 0 Å². The fourth-order valence-corrected chi connectivity index (χ4v) is 3.73. The van der Waals surface area contributed by atoms with Crippen LogP contribution in [0.1, 0.15) is 22.2 Å². The Bertz CT molecular complexity index is 895. The Kier molecular flexibility index (Phi) is 5.85. The summed E-state index contributed by atoms with van der Waals surface area (Å²) in [5, 5.41) is 3.33. The molecule has 3 aromatic rings. The number of ether oxygens (including phenoxy) is 1. The predicted molar refractivity (Wildman–Crippen MR) is 103 cm³/mol. The Morgan fingerprint density at radius 2 is 2.00 bits per heavy atom. The van der Waals surface area contributed by atoms with Crippen molar-refractivity contribution in [1.29, 1.82) is 0 Å². The molecule has 0 radical (unpaired) electrons. The summed E-state index contributed by atoms with van der Waals surface area (Å²) in [7, 11) is 0. The van der Waals surface area contributed by atoms with Gasteiger partial charge < -0.3 is 15.8 Å². The number of fused-ring (bicyclic) bond motifs is 1. The zero-order chi connectivity index (χ0) is 18.5. The number of carbonyl (C=O) groups is 1. The highest BCUT2D eigenvalue weighted by molar-refractivity contribution is 7.21. The summed E-state index contributed by atoms with van der Waals surface area (Å²) in [4.78, 5) is 13.1. The molecule has 1 aromatic heterocycles. The van der Waals surface area contributed by atoms with Crippen molar-refractivity contribution in [3.05, 3.63) is 64.8 Å². The van der Waals surface area contributed by atoms with Crippen molar-refractivity contribution in [3.63, 3.8) is 0 Å². The van der Waals surface area contributed by atoms with Gasteiger partial charge in [0.25, 0.3) is 5.91 Å². The van der Waals surface area contributed by atoms with Gasteiger partial charge in [0, 0.05) is 22.2 Å². The molecule has 0 fully saturated rings. The molecule has 1 unspecified atom stereocenters. The van der Waals surface area contributed by atoms with Crippen molar-refractivity contribution < 1.29 is 13.9 Å². The van der Waals surface area contributed by atoms with E-state index in [-0.39, 0.29) is 24.2 Å². The van der Waals surface area contributed by atoms with Crippen LogP contribution in [0.5, 0.6) is 5.75 Å². The number of carbonyl (C=O) groups excluding carboxylic acids is 1. The number of benzene rings is 2. The Morgan fingerprint density at radius 3 is 2.73 bits per heavy atom. The fourth-order valence-electron chi connectivity index (χ4n) is 2.59. The summed E-state index contributed by atoms with van der Waals surface area (Å²) in [6.45, 7) is 3.06. The van der Waals surface area contributed by atoms with Gasteiger partial charge >= 0.3 is 0 Å². The van der Waals surface area contributed by atoms with Crippen LogP contribution in [-0.2, 0) is 6.61 Å². The van der Waals surface area contributed by atoms with E-state index in [1.54, 1.807) is 6.07 Å². The summed E-state index contributed by atoms with van der Waals surface area (Å²) in [6, 6.07) is 14.1. The van der Waals surface area contributed by atoms with Crippen LogP contribution in [0, 0.1) is 11.7 Å². The molecular formula is C20H21FN2O2S. The lowest BCUT2D eigenvalue weighted by molar-refractivity contribution is 0.0950. The second kappa shape index (κ2) is 8.29. The number of thiophene rings is 1. The molecule has 0 spiro atoms. The largest absolute Gasteiger partial charge is 0.489 e. The van der Waals surface area contributed by atoms with Gasteiger partial charge in [-0.1, -0.05) is 31.2 Å². The van der Waals surface area contributed by atoms with Gasteiger partial charge in [-0.05, 0) is 36.7 Å². The molecule has 3 rings (SSSR count). The molecule has 0 saturated carbocycles. The average Bonchev–Trinajstić information content (AvgIpc) is 3.05. The molecule has 0 bridgehead atoms. The Balaban J connectivity index is 1.91. The molecule has 26 heavy (non-hydrogen) atoms. The van der Waals surface area contributed by atoms with E-state index < -0.39 is 0 Å². The topological polar surface area (TPSA) is 64.3 Å². The van der Waals surface area contributed by atoms with Crippen molar-refractivity contribution in [2.75, 3.05) is 13.1 Å². The molecular weight excluding hydrogens is 351 g/mol. The van der Waals surface area contributed by atoms with E-state index in [1.807, 2.05) is 43.3 Å². The van der Waals surface area contributed by atoms with Gasteiger partial charge in [0.05, 0.1) is 4.88 Å². The smallest absolute Gasteiger partial charge is 0.261 e. The maximum Gasteiger partial charge on any atom is 0.261 e. The Hall–Kier alpha value is -2.44. The maximum atomic E-state index is 14.4. The first-order chi connectivity index (χ1) is 12.6. The lowest BCUT2D eigenvalue weighted by Crippen LogP contribution is -2.31. The van der Waals surface area contributed by atoms with E-state index in [1.165, 1.54) is 17.4 Å². The minimum absolute atomic E-state index is 0.125. The van der Waals surface area contributed by atoms with E-state index in [9.17, 15) is 9.18 Å². The number of hydrogen-bond acceptors (Lipinski definition) is 4. The molecule has 0 aliphatic carbocycles. The molecule has 3 N–H and O–H groups in total. The number of amides is 1. The van der Waals surface area contributed by atoms with Gasteiger partial charge in [-0.3, -0.25) is 4.79 Å². The van der Waals surface area contributed by atoms with Gasteiger partial charge in [-0.15, -0.1) is 11.3 Å². The van der Waals surface area contributed by atoms with Crippen LogP contribution >= 0.6 is 11.3 Å². The zero-order valence-corrected chi connectivity index (χ0v) is 15.3. The third-order valence-corrected chi connectivity index (χ3v) is 5.31. The van der Waals surface area contributed by atoms with Crippen molar-refractivity contribution in [2.24, 2.45) is 11.7 Å². The summed E-state index contributed by atoms with van der Waals surface area (Å²) < 4.78 is 20.9. The van der Waals surface area contributed by atoms with Crippen LogP contribution in [0.15, 0.2) is 48.5 Å². The molecule has 0 saturated heterocycles. The Morgan fingerprint density at radius 1 is 1.23 bits per heavy atom. The molecule has 2 aromatic carbocycles. The number of nitrogens with one attached hydrogen (secondary N) is 1. The molecule has 4 nitrogen and oxygen atoms in total. The van der Waals surface area contributed by atoms with Gasteiger partial charge in [0.15, 0.2) is 0 Å². The SMILES string of the molecule is CC(CN)CNC(=O)c1sc2cccc(F)c2c1COc1ccccc1. The summed E-state index contributed by atoms with van der Waals surface area (Å²) in [6.07, 6.45) is 0. The lowest BCUT2D eigenvalue weighted by Gasteiger charge is -2.11. The van der Waals surface area contributed by atoms with E-state index in [2.05, 4.69) is 5.32 Å². The van der Waals surface area contributed by atoms with Crippen LogP contribution in [0.3, 0.4) is 0 Å². The van der Waals surface area contributed by atoms with Crippen LogP contribution in [-0.4, -0.2) is 19.0 Å². The third kappa shape index (κ3) is 4.03. The monoisotopic (exact) mass is 372 g/mol. The minimum atomic E-state index is -0.347. The molecule has 6 heteroatoms. The van der Waals surface area contributed by atoms with E-state index in [4.69, 9.17) is 10.5 Å². The normalized spacial score (nSPS) is 12.1. The van der Waals surface area contributed by atoms with Gasteiger partial charge in [0.1, 0.15) is 18.2 Å². The molecule has 1 heterocycles. The van der Waals surface area contributed by atoms with Gasteiger partial charge in [0.2, 0.25) is 0 Å². The lowest BCUT2D eigenvalue weighted by atomic mass is 10.1. The molecule has 0 aliphatic rings. The predicted octanol–water partition coefficient (Wildman–Crippen LogP) is 3.94. The number of nitrogens with two attached hydrogens (primary N) is 1. The van der Waals surface area contributed by atoms with E-state index in [0.717, 1.165) is 4.70 Å². The highest BCUT2D eigenvalue weighted by Crippen LogP contribution is 2.34. The first kappa shape index (κ1) is 18.4. The van der Waals surface area contributed by atoms with Gasteiger partial charge in [-0.25, -0.2) is 4.39 Å². The molecule has 1 atom stereocenters. The van der Waals surface area contributed by atoms with Gasteiger partial charge in [-0.2, -0.15) is 0 Å². The summed E-state index contributed by atoms with van der Waals surface area (Å²) in [5.41, 5.74) is 6.18. The maximum absolute atomic E-state index is 14.4. The minimum Gasteiger partial charge on any atom is -0.489 e. The summed E-state index contributed by atoms with van der Waals surface area (Å²) in [5.74, 6) is 0.276. The average molecular weight is 372 g/mol. The van der Waals surface area contributed by atoms with Crippen molar-refractivity contribution >= 4 is 27.3 Å². The fraction of sp³-hybridized carbons (Fsp3) is 0.250. The second-order valence-corrected chi connectivity index (χ2v) is 7.23. The standard InChI is InChI=1S/C20H21FN2O2S/c1-13(10-22)11-23-20(24)19-15(12-25-14-6-3-2-4-7-14)18-16(21)8-5-9-17(18)26-19/h2-9,13H,10-12,22H2,1H3,(H,23,24). The van der Waals surface area contributed by atoms with Crippen LogP contribution in [0.2, 0.25) is 0 Å². The van der Waals surface area contributed by atoms with Crippen molar-refractivity contribution in [1.82, 2.24) is 5.32 Å². The van der Waals surface area contributed by atoms with Crippen molar-refractivity contribution in [3.8, 4) is 5.75 Å². The third-order valence-electron chi connectivity index (χ3n) is 4.11. The quantitative estimate of drug-likeness (QED) is 0.660. The molecule has 0 aliphatic heterocycles. The number of halogens is 1. The highest BCUT2D eigenvalue weighted by Gasteiger charge is 2.21. The molecule has 136 valence electrons. The zero-order valence-electron chi connectivity index (χ0n) is 14.5. The summed E-state index contributed by atoms with van der Waals surface area (Å²) >= 11 is 1.28. The van der Waals surface area contributed by atoms with E-state index in [0.29, 0.717) is 34.7 Å². The first-order valence-electron chi connectivity index (χ1n) is 8.46. The van der Waals surface area contributed by atoms with Crippen LogP contribution < -0.4 is 15.8 Å². The van der Waals surface area contributed by atoms with Crippen LogP contribution in [0.4, 0.5) is 4.39 Å².